The minimum Gasteiger partial charge on any atom is -0.469 e. The van der Waals surface area contributed by atoms with E-state index >= 15 is 0 Å². The number of carbonyl (C=O) groups excluding carboxylic acids is 1. The number of carbonyl (C=O) groups is 1. The van der Waals surface area contributed by atoms with Gasteiger partial charge in [-0.2, -0.15) is 0 Å². The van der Waals surface area contributed by atoms with E-state index in [1.165, 1.54) is 0 Å². The zero-order valence-corrected chi connectivity index (χ0v) is 9.90. The fourth-order valence-corrected chi connectivity index (χ4v) is 2.05. The van der Waals surface area contributed by atoms with E-state index in [0.29, 0.717) is 6.54 Å². The average Bonchev–Trinajstić information content (AvgIpc) is 2.89. The lowest BCUT2D eigenvalue weighted by Gasteiger charge is -2.24. The quantitative estimate of drug-likeness (QED) is 0.769. The van der Waals surface area contributed by atoms with Gasteiger partial charge in [-0.05, 0) is 25.8 Å². The van der Waals surface area contributed by atoms with E-state index in [1.807, 2.05) is 24.9 Å². The first kappa shape index (κ1) is 11.0. The predicted octanol–water partition coefficient (Wildman–Crippen LogP) is 2.24. The third kappa shape index (κ3) is 2.21. The van der Waals surface area contributed by atoms with E-state index in [4.69, 9.17) is 4.42 Å². The highest BCUT2D eigenvalue weighted by Crippen LogP contribution is 2.14. The van der Waals surface area contributed by atoms with Gasteiger partial charge in [0.15, 0.2) is 0 Å². The van der Waals surface area contributed by atoms with Gasteiger partial charge in [-0.3, -0.25) is 0 Å². The van der Waals surface area contributed by atoms with Crippen molar-refractivity contribution >= 4 is 6.03 Å². The van der Waals surface area contributed by atoms with Crippen molar-refractivity contribution in [3.05, 3.63) is 23.7 Å². The molecule has 0 saturated carbocycles. The number of hydrogen-bond donors (Lipinski definition) is 0. The standard InChI is InChI=1S/C12H18N2O2/c1-10-11(5-8-16-10)9-13(2)12(15)14-6-3-4-7-14/h5,8H,3-4,6-7,9H2,1-2H3. The SMILES string of the molecule is Cc1occc1CN(C)C(=O)N1CCCC1. The Labute approximate surface area is 95.8 Å². The Bertz CT molecular complexity index is 367. The minimum atomic E-state index is 0.123. The number of urea groups is 1. The topological polar surface area (TPSA) is 36.7 Å². The second kappa shape index (κ2) is 4.60. The molecule has 0 N–H and O–H groups in total. The molecule has 0 spiro atoms. The van der Waals surface area contributed by atoms with Gasteiger partial charge in [-0.15, -0.1) is 0 Å². The van der Waals surface area contributed by atoms with Crippen LogP contribution in [0.4, 0.5) is 4.79 Å². The van der Waals surface area contributed by atoms with Gasteiger partial charge in [-0.1, -0.05) is 0 Å². The molecule has 16 heavy (non-hydrogen) atoms. The van der Waals surface area contributed by atoms with Crippen molar-refractivity contribution in [1.82, 2.24) is 9.80 Å². The molecule has 88 valence electrons. The summed E-state index contributed by atoms with van der Waals surface area (Å²) in [6.45, 7) is 4.34. The van der Waals surface area contributed by atoms with Gasteiger partial charge in [0.1, 0.15) is 5.76 Å². The smallest absolute Gasteiger partial charge is 0.320 e. The Morgan fingerprint density at radius 1 is 1.50 bits per heavy atom. The van der Waals surface area contributed by atoms with E-state index < -0.39 is 0 Å². The van der Waals surface area contributed by atoms with Gasteiger partial charge in [0.05, 0.1) is 12.8 Å². The van der Waals surface area contributed by atoms with Crippen LogP contribution in [0.5, 0.6) is 0 Å². The molecule has 1 saturated heterocycles. The summed E-state index contributed by atoms with van der Waals surface area (Å²) >= 11 is 0. The summed E-state index contributed by atoms with van der Waals surface area (Å²) in [5.74, 6) is 0.890. The number of hydrogen-bond acceptors (Lipinski definition) is 2. The van der Waals surface area contributed by atoms with E-state index in [0.717, 1.165) is 37.3 Å². The molecule has 0 unspecified atom stereocenters. The first-order chi connectivity index (χ1) is 7.68. The summed E-state index contributed by atoms with van der Waals surface area (Å²) in [5, 5.41) is 0. The lowest BCUT2D eigenvalue weighted by atomic mass is 10.2. The summed E-state index contributed by atoms with van der Waals surface area (Å²) < 4.78 is 5.22. The number of nitrogens with zero attached hydrogens (tertiary/aromatic N) is 2. The largest absolute Gasteiger partial charge is 0.469 e. The minimum absolute atomic E-state index is 0.123. The zero-order valence-electron chi connectivity index (χ0n) is 9.90. The molecule has 2 rings (SSSR count). The molecule has 1 fully saturated rings. The van der Waals surface area contributed by atoms with Gasteiger partial charge in [0, 0.05) is 25.7 Å². The van der Waals surface area contributed by atoms with Crippen LogP contribution in [0.2, 0.25) is 0 Å². The van der Waals surface area contributed by atoms with Crippen LogP contribution in [0.25, 0.3) is 0 Å². The lowest BCUT2D eigenvalue weighted by molar-refractivity contribution is 0.171. The molecule has 4 heteroatoms. The second-order valence-electron chi connectivity index (χ2n) is 4.33. The van der Waals surface area contributed by atoms with Crippen molar-refractivity contribution in [2.75, 3.05) is 20.1 Å². The highest BCUT2D eigenvalue weighted by atomic mass is 16.3. The Morgan fingerprint density at radius 2 is 2.19 bits per heavy atom. The molecule has 1 aromatic heterocycles. The monoisotopic (exact) mass is 222 g/mol. The number of likely N-dealkylation sites (tertiary alicyclic amines) is 1. The molecule has 2 heterocycles. The Hall–Kier alpha value is -1.45. The Balaban J connectivity index is 1.94. The molecule has 1 aliphatic rings. The number of aryl methyl sites for hydroxylation is 1. The summed E-state index contributed by atoms with van der Waals surface area (Å²) in [6.07, 6.45) is 3.92. The molecule has 0 bridgehead atoms. The van der Waals surface area contributed by atoms with Crippen LogP contribution in [0.1, 0.15) is 24.2 Å². The van der Waals surface area contributed by atoms with Crippen LogP contribution in [0.15, 0.2) is 16.7 Å². The zero-order chi connectivity index (χ0) is 11.5. The number of amides is 2. The molecular weight excluding hydrogens is 204 g/mol. The van der Waals surface area contributed by atoms with E-state index in [2.05, 4.69) is 0 Å². The molecule has 0 atom stereocenters. The van der Waals surface area contributed by atoms with Crippen molar-refractivity contribution in [3.8, 4) is 0 Å². The molecule has 0 radical (unpaired) electrons. The van der Waals surface area contributed by atoms with Gasteiger partial charge in [0.2, 0.25) is 0 Å². The van der Waals surface area contributed by atoms with Crippen molar-refractivity contribution in [3.63, 3.8) is 0 Å². The van der Waals surface area contributed by atoms with Crippen molar-refractivity contribution < 1.29 is 9.21 Å². The normalized spacial score (nSPS) is 15.5. The molecule has 4 nitrogen and oxygen atoms in total. The Kier molecular flexibility index (Phi) is 3.17. The van der Waals surface area contributed by atoms with Gasteiger partial charge in [-0.25, -0.2) is 4.79 Å². The molecule has 1 aromatic rings. The fourth-order valence-electron chi connectivity index (χ4n) is 2.05. The second-order valence-corrected chi connectivity index (χ2v) is 4.33. The summed E-state index contributed by atoms with van der Waals surface area (Å²) in [7, 11) is 1.84. The summed E-state index contributed by atoms with van der Waals surface area (Å²) in [5.41, 5.74) is 1.08. The highest BCUT2D eigenvalue weighted by molar-refractivity contribution is 5.74. The highest BCUT2D eigenvalue weighted by Gasteiger charge is 2.21. The van der Waals surface area contributed by atoms with Gasteiger partial charge in [0.25, 0.3) is 0 Å². The van der Waals surface area contributed by atoms with Crippen molar-refractivity contribution in [2.45, 2.75) is 26.3 Å². The maximum atomic E-state index is 12.0. The molecular formula is C12H18N2O2. The van der Waals surface area contributed by atoms with Crippen molar-refractivity contribution in [2.24, 2.45) is 0 Å². The number of rotatable bonds is 2. The van der Waals surface area contributed by atoms with E-state index in [-0.39, 0.29) is 6.03 Å². The molecule has 0 aromatic carbocycles. The maximum absolute atomic E-state index is 12.0. The fraction of sp³-hybridized carbons (Fsp3) is 0.583. The van der Waals surface area contributed by atoms with Crippen molar-refractivity contribution in [1.29, 1.82) is 0 Å². The first-order valence-corrected chi connectivity index (χ1v) is 5.71. The predicted molar refractivity (Wildman–Crippen MR) is 61.1 cm³/mol. The van der Waals surface area contributed by atoms with E-state index in [1.54, 1.807) is 11.2 Å². The lowest BCUT2D eigenvalue weighted by Crippen LogP contribution is -2.38. The van der Waals surface area contributed by atoms with Crippen LogP contribution in [0, 0.1) is 6.92 Å². The number of furan rings is 1. The maximum Gasteiger partial charge on any atom is 0.320 e. The first-order valence-electron chi connectivity index (χ1n) is 5.71. The van der Waals surface area contributed by atoms with Gasteiger partial charge >= 0.3 is 6.03 Å². The van der Waals surface area contributed by atoms with Crippen LogP contribution in [0.3, 0.4) is 0 Å². The Morgan fingerprint density at radius 3 is 2.75 bits per heavy atom. The van der Waals surface area contributed by atoms with Crippen LogP contribution in [-0.4, -0.2) is 36.0 Å². The molecule has 1 aliphatic heterocycles. The van der Waals surface area contributed by atoms with Crippen LogP contribution >= 0.6 is 0 Å². The summed E-state index contributed by atoms with van der Waals surface area (Å²) in [4.78, 5) is 15.7. The third-order valence-corrected chi connectivity index (χ3v) is 3.08. The molecule has 2 amide bonds. The van der Waals surface area contributed by atoms with Crippen LogP contribution < -0.4 is 0 Å². The summed E-state index contributed by atoms with van der Waals surface area (Å²) in [6, 6.07) is 2.04. The third-order valence-electron chi connectivity index (χ3n) is 3.08. The average molecular weight is 222 g/mol. The van der Waals surface area contributed by atoms with E-state index in [9.17, 15) is 4.79 Å². The van der Waals surface area contributed by atoms with Gasteiger partial charge < -0.3 is 14.2 Å². The molecule has 0 aliphatic carbocycles. The van der Waals surface area contributed by atoms with Crippen LogP contribution in [-0.2, 0) is 6.54 Å².